The summed E-state index contributed by atoms with van der Waals surface area (Å²) in [6.45, 7) is 11.1. The van der Waals surface area contributed by atoms with E-state index >= 15 is 0 Å². The summed E-state index contributed by atoms with van der Waals surface area (Å²) in [4.78, 5) is 11.1. The summed E-state index contributed by atoms with van der Waals surface area (Å²) in [6, 6.07) is 0. The molecule has 118 valence electrons. The predicted octanol–water partition coefficient (Wildman–Crippen LogP) is 4.60. The summed E-state index contributed by atoms with van der Waals surface area (Å²) >= 11 is 0. The molecule has 0 saturated carbocycles. The molecule has 0 aromatic heterocycles. The molecule has 0 aliphatic carbocycles. The Labute approximate surface area is 131 Å². The number of allylic oxidation sites excluding steroid dienone is 4. The van der Waals surface area contributed by atoms with Gasteiger partial charge in [-0.05, 0) is 30.8 Å². The number of carbonyl (C=O) groups excluding carboxylic acids is 1. The van der Waals surface area contributed by atoms with Crippen LogP contribution in [0.25, 0.3) is 0 Å². The van der Waals surface area contributed by atoms with E-state index < -0.39 is 8.07 Å². The monoisotopic (exact) mass is 306 g/mol. The van der Waals surface area contributed by atoms with E-state index in [2.05, 4.69) is 61.8 Å². The zero-order valence-electron chi connectivity index (χ0n) is 14.4. The van der Waals surface area contributed by atoms with Crippen molar-refractivity contribution in [3.05, 3.63) is 24.3 Å². The molecule has 0 aromatic carbocycles. The van der Waals surface area contributed by atoms with Crippen molar-refractivity contribution in [2.45, 2.75) is 52.8 Å². The van der Waals surface area contributed by atoms with Crippen LogP contribution in [0.3, 0.4) is 0 Å². The Morgan fingerprint density at radius 3 is 2.48 bits per heavy atom. The molecule has 0 radical (unpaired) electrons. The first kappa shape index (κ1) is 19.7. The number of rotatable bonds is 7. The average molecular weight is 307 g/mol. The fourth-order valence-corrected chi connectivity index (χ4v) is 2.24. The summed E-state index contributed by atoms with van der Waals surface area (Å²) in [7, 11) is 0.180. The van der Waals surface area contributed by atoms with Crippen LogP contribution in [0, 0.1) is 23.3 Å². The fraction of sp³-hybridized carbons (Fsp3) is 0.611. The van der Waals surface area contributed by atoms with Crippen molar-refractivity contribution in [3.63, 3.8) is 0 Å². The van der Waals surface area contributed by atoms with Gasteiger partial charge in [0.1, 0.15) is 8.07 Å². The summed E-state index contributed by atoms with van der Waals surface area (Å²) in [5.74, 6) is 4.05. The molecule has 0 saturated heterocycles. The molecule has 0 aliphatic rings. The van der Waals surface area contributed by atoms with Crippen molar-refractivity contribution in [3.8, 4) is 11.5 Å². The zero-order valence-corrected chi connectivity index (χ0v) is 15.4. The molecule has 0 aliphatic heterocycles. The lowest BCUT2D eigenvalue weighted by Crippen LogP contribution is -2.16. The maximum Gasteiger partial charge on any atom is 0.305 e. The van der Waals surface area contributed by atoms with E-state index in [1.165, 1.54) is 7.11 Å². The Hall–Kier alpha value is -1.27. The van der Waals surface area contributed by atoms with Gasteiger partial charge >= 0.3 is 5.97 Å². The number of esters is 1. The third-order valence-corrected chi connectivity index (χ3v) is 4.21. The average Bonchev–Trinajstić information content (AvgIpc) is 2.40. The lowest BCUT2D eigenvalue weighted by molar-refractivity contribution is -0.140. The van der Waals surface area contributed by atoms with E-state index in [4.69, 9.17) is 0 Å². The van der Waals surface area contributed by atoms with Crippen LogP contribution >= 0.6 is 0 Å². The molecule has 0 spiro atoms. The third kappa shape index (κ3) is 12.2. The van der Waals surface area contributed by atoms with Gasteiger partial charge in [-0.25, -0.2) is 0 Å². The van der Waals surface area contributed by atoms with Crippen LogP contribution in [0.4, 0.5) is 0 Å². The minimum Gasteiger partial charge on any atom is -0.469 e. The maximum absolute atomic E-state index is 11.1. The Kier molecular flexibility index (Phi) is 9.82. The number of hydrogen-bond acceptors (Lipinski definition) is 2. The second-order valence-corrected chi connectivity index (χ2v) is 11.3. The molecule has 3 heteroatoms. The smallest absolute Gasteiger partial charge is 0.305 e. The Morgan fingerprint density at radius 2 is 1.90 bits per heavy atom. The Morgan fingerprint density at radius 1 is 1.24 bits per heavy atom. The van der Waals surface area contributed by atoms with Gasteiger partial charge in [-0.1, -0.05) is 57.6 Å². The highest BCUT2D eigenvalue weighted by Gasteiger charge is 2.10. The lowest BCUT2D eigenvalue weighted by Gasteiger charge is -2.15. The minimum atomic E-state index is -1.26. The molecule has 0 amide bonds. The highest BCUT2D eigenvalue weighted by atomic mass is 28.3. The first-order valence-electron chi connectivity index (χ1n) is 7.69. The maximum atomic E-state index is 11.1. The molecule has 0 rings (SSSR count). The summed E-state index contributed by atoms with van der Waals surface area (Å²) in [6.07, 6.45) is 10.6. The summed E-state index contributed by atoms with van der Waals surface area (Å²) < 4.78 is 4.65. The van der Waals surface area contributed by atoms with Gasteiger partial charge in [-0.3, -0.25) is 4.79 Å². The van der Waals surface area contributed by atoms with Crippen LogP contribution < -0.4 is 0 Å². The molecule has 0 N–H and O–H groups in total. The molecule has 21 heavy (non-hydrogen) atoms. The lowest BCUT2D eigenvalue weighted by atomic mass is 9.90. The van der Waals surface area contributed by atoms with E-state index in [0.29, 0.717) is 18.3 Å². The van der Waals surface area contributed by atoms with Gasteiger partial charge in [0.05, 0.1) is 7.11 Å². The largest absolute Gasteiger partial charge is 0.469 e. The van der Waals surface area contributed by atoms with Gasteiger partial charge in [0.15, 0.2) is 0 Å². The van der Waals surface area contributed by atoms with Gasteiger partial charge in [-0.2, -0.15) is 0 Å². The second kappa shape index (κ2) is 10.5. The van der Waals surface area contributed by atoms with Gasteiger partial charge in [0.2, 0.25) is 0 Å². The van der Waals surface area contributed by atoms with Gasteiger partial charge in [-0.15, -0.1) is 5.54 Å². The SMILES string of the molecule is COC(=O)CCC[C@H](C)[C@H](C)/C=C/C=C/C#C[Si](C)(C)C. The predicted molar refractivity (Wildman–Crippen MR) is 93.6 cm³/mol. The molecule has 0 fully saturated rings. The Bertz CT molecular complexity index is 419. The van der Waals surface area contributed by atoms with Crippen molar-refractivity contribution in [2.75, 3.05) is 7.11 Å². The van der Waals surface area contributed by atoms with Crippen LogP contribution in [-0.2, 0) is 9.53 Å². The van der Waals surface area contributed by atoms with Crippen molar-refractivity contribution in [1.82, 2.24) is 0 Å². The van der Waals surface area contributed by atoms with Crippen LogP contribution in [0.5, 0.6) is 0 Å². The summed E-state index contributed by atoms with van der Waals surface area (Å²) in [5, 5.41) is 0. The molecule has 0 heterocycles. The topological polar surface area (TPSA) is 26.3 Å². The Balaban J connectivity index is 4.07. The van der Waals surface area contributed by atoms with Gasteiger partial charge in [0.25, 0.3) is 0 Å². The molecule has 2 nitrogen and oxygen atoms in total. The number of hydrogen-bond donors (Lipinski definition) is 0. The zero-order chi connectivity index (χ0) is 16.3. The third-order valence-electron chi connectivity index (χ3n) is 3.32. The van der Waals surface area contributed by atoms with Crippen molar-refractivity contribution < 1.29 is 9.53 Å². The van der Waals surface area contributed by atoms with Crippen molar-refractivity contribution in [1.29, 1.82) is 0 Å². The highest BCUT2D eigenvalue weighted by Crippen LogP contribution is 2.19. The first-order valence-corrected chi connectivity index (χ1v) is 11.2. The van der Waals surface area contributed by atoms with Crippen LogP contribution in [-0.4, -0.2) is 21.2 Å². The molecular formula is C18H30O2Si. The van der Waals surface area contributed by atoms with Crippen molar-refractivity contribution in [2.24, 2.45) is 11.8 Å². The van der Waals surface area contributed by atoms with E-state index in [-0.39, 0.29) is 5.97 Å². The summed E-state index contributed by atoms with van der Waals surface area (Å²) in [5.41, 5.74) is 3.30. The fourth-order valence-electron chi connectivity index (χ4n) is 1.72. The minimum absolute atomic E-state index is 0.116. The molecule has 0 bridgehead atoms. The molecule has 2 atom stereocenters. The van der Waals surface area contributed by atoms with Gasteiger partial charge < -0.3 is 4.74 Å². The molecular weight excluding hydrogens is 276 g/mol. The highest BCUT2D eigenvalue weighted by molar-refractivity contribution is 6.83. The number of methoxy groups -OCH3 is 1. The van der Waals surface area contributed by atoms with Crippen molar-refractivity contribution >= 4 is 14.0 Å². The number of ether oxygens (including phenoxy) is 1. The molecule has 0 unspecified atom stereocenters. The van der Waals surface area contributed by atoms with Crippen LogP contribution in [0.1, 0.15) is 33.1 Å². The van der Waals surface area contributed by atoms with Crippen LogP contribution in [0.15, 0.2) is 24.3 Å². The standard InChI is InChI=1S/C18H30O2Si/c1-16(17(2)13-11-14-18(19)20-3)12-9-7-8-10-15-21(4,5)6/h7-9,12,16-17H,11,13-14H2,1-6H3/b8-7+,12-9+/t16-,17+/m1/s1. The number of carbonyl (C=O) groups is 1. The van der Waals surface area contributed by atoms with Gasteiger partial charge in [0, 0.05) is 6.42 Å². The van der Waals surface area contributed by atoms with Crippen LogP contribution in [0.2, 0.25) is 19.6 Å². The quantitative estimate of drug-likeness (QED) is 0.297. The van der Waals surface area contributed by atoms with E-state index in [1.54, 1.807) is 0 Å². The van der Waals surface area contributed by atoms with E-state index in [0.717, 1.165) is 12.8 Å². The van der Waals surface area contributed by atoms with E-state index in [1.807, 2.05) is 12.2 Å². The molecule has 0 aromatic rings. The first-order chi connectivity index (χ1) is 9.76. The normalized spacial score (nSPS) is 14.8. The van der Waals surface area contributed by atoms with E-state index in [9.17, 15) is 4.79 Å². The second-order valence-electron chi connectivity index (χ2n) is 6.57.